The minimum absolute atomic E-state index is 0.215. The molecule has 5 nitrogen and oxygen atoms in total. The van der Waals surface area contributed by atoms with Crippen LogP contribution < -0.4 is 19.5 Å². The fraction of sp³-hybridized carbons (Fsp3) is 0.174. The van der Waals surface area contributed by atoms with Gasteiger partial charge in [-0.05, 0) is 48.9 Å². The van der Waals surface area contributed by atoms with Crippen LogP contribution in [-0.4, -0.2) is 20.1 Å². The highest BCUT2D eigenvalue weighted by Gasteiger charge is 2.12. The first kappa shape index (κ1) is 19.3. The zero-order valence-corrected chi connectivity index (χ0v) is 16.2. The second-order valence-corrected chi connectivity index (χ2v) is 6.27. The molecule has 0 saturated heterocycles. The van der Waals surface area contributed by atoms with Gasteiger partial charge in [-0.3, -0.25) is 4.79 Å². The molecule has 5 heteroatoms. The third-order valence-corrected chi connectivity index (χ3v) is 4.35. The number of aryl methyl sites for hydroxylation is 1. The van der Waals surface area contributed by atoms with Crippen LogP contribution in [0.2, 0.25) is 0 Å². The summed E-state index contributed by atoms with van der Waals surface area (Å²) in [5.74, 6) is 1.94. The first-order chi connectivity index (χ1) is 13.6. The molecule has 3 rings (SSSR count). The van der Waals surface area contributed by atoms with Gasteiger partial charge in [-0.2, -0.15) is 0 Å². The third kappa shape index (κ3) is 4.62. The topological polar surface area (TPSA) is 56.8 Å². The van der Waals surface area contributed by atoms with Crippen molar-refractivity contribution in [2.45, 2.75) is 13.5 Å². The lowest BCUT2D eigenvalue weighted by molar-refractivity contribution is 0.102. The van der Waals surface area contributed by atoms with Gasteiger partial charge in [0.15, 0.2) is 0 Å². The third-order valence-electron chi connectivity index (χ3n) is 4.35. The van der Waals surface area contributed by atoms with E-state index in [1.54, 1.807) is 38.5 Å². The maximum Gasteiger partial charge on any atom is 0.255 e. The molecular formula is C23H23NO4. The highest BCUT2D eigenvalue weighted by molar-refractivity contribution is 6.04. The van der Waals surface area contributed by atoms with Crippen molar-refractivity contribution in [2.24, 2.45) is 0 Å². The highest BCUT2D eigenvalue weighted by atomic mass is 16.5. The fourth-order valence-corrected chi connectivity index (χ4v) is 2.81. The molecule has 0 aromatic heterocycles. The van der Waals surface area contributed by atoms with Crippen molar-refractivity contribution in [3.05, 3.63) is 83.4 Å². The minimum atomic E-state index is -0.215. The molecule has 0 saturated carbocycles. The number of carbonyl (C=O) groups is 1. The molecule has 28 heavy (non-hydrogen) atoms. The number of nitrogens with one attached hydrogen (secondary N) is 1. The van der Waals surface area contributed by atoms with E-state index in [-0.39, 0.29) is 5.91 Å². The van der Waals surface area contributed by atoms with Gasteiger partial charge >= 0.3 is 0 Å². The van der Waals surface area contributed by atoms with Gasteiger partial charge in [0.2, 0.25) is 0 Å². The monoisotopic (exact) mass is 377 g/mol. The Bertz CT molecular complexity index is 968. The molecule has 0 radical (unpaired) electrons. The molecule has 0 bridgehead atoms. The molecule has 0 spiro atoms. The Morgan fingerprint density at radius 2 is 1.71 bits per heavy atom. The van der Waals surface area contributed by atoms with Crippen LogP contribution in [0, 0.1) is 6.92 Å². The summed E-state index contributed by atoms with van der Waals surface area (Å²) in [6.45, 7) is 2.29. The second kappa shape index (κ2) is 8.95. The van der Waals surface area contributed by atoms with Crippen LogP contribution in [0.25, 0.3) is 0 Å². The van der Waals surface area contributed by atoms with Crippen molar-refractivity contribution in [3.63, 3.8) is 0 Å². The molecule has 0 aliphatic carbocycles. The number of amides is 1. The summed E-state index contributed by atoms with van der Waals surface area (Å²) < 4.78 is 16.5. The van der Waals surface area contributed by atoms with Gasteiger partial charge in [-0.25, -0.2) is 0 Å². The van der Waals surface area contributed by atoms with E-state index in [1.165, 1.54) is 0 Å². The van der Waals surface area contributed by atoms with Crippen molar-refractivity contribution in [1.29, 1.82) is 0 Å². The molecule has 1 N–H and O–H groups in total. The number of hydrogen-bond donors (Lipinski definition) is 1. The first-order valence-electron chi connectivity index (χ1n) is 8.91. The Labute approximate surface area is 164 Å². The summed E-state index contributed by atoms with van der Waals surface area (Å²) in [7, 11) is 3.19. The minimum Gasteiger partial charge on any atom is -0.497 e. The van der Waals surface area contributed by atoms with Crippen molar-refractivity contribution < 1.29 is 19.0 Å². The number of methoxy groups -OCH3 is 2. The smallest absolute Gasteiger partial charge is 0.255 e. The molecule has 1 amide bonds. The van der Waals surface area contributed by atoms with Crippen LogP contribution in [-0.2, 0) is 6.61 Å². The Balaban J connectivity index is 1.77. The summed E-state index contributed by atoms with van der Waals surface area (Å²) in [5.41, 5.74) is 3.03. The summed E-state index contributed by atoms with van der Waals surface area (Å²) in [6, 6.07) is 20.3. The van der Waals surface area contributed by atoms with Gasteiger partial charge in [0.05, 0.1) is 14.2 Å². The van der Waals surface area contributed by atoms with Gasteiger partial charge in [0.25, 0.3) is 5.91 Å². The molecule has 3 aromatic rings. The molecule has 0 fully saturated rings. The summed E-state index contributed by atoms with van der Waals surface area (Å²) in [4.78, 5) is 12.7. The van der Waals surface area contributed by atoms with Gasteiger partial charge in [0.1, 0.15) is 23.9 Å². The van der Waals surface area contributed by atoms with Crippen molar-refractivity contribution in [1.82, 2.24) is 0 Å². The predicted octanol–water partition coefficient (Wildman–Crippen LogP) is 4.84. The Kier molecular flexibility index (Phi) is 6.17. The van der Waals surface area contributed by atoms with Crippen LogP contribution in [0.15, 0.2) is 66.7 Å². The van der Waals surface area contributed by atoms with Gasteiger partial charge in [-0.15, -0.1) is 0 Å². The van der Waals surface area contributed by atoms with Crippen LogP contribution in [0.3, 0.4) is 0 Å². The van der Waals surface area contributed by atoms with Crippen molar-refractivity contribution in [2.75, 3.05) is 19.5 Å². The molecule has 0 aliphatic rings. The van der Waals surface area contributed by atoms with Crippen LogP contribution in [0.4, 0.5) is 5.69 Å². The number of rotatable bonds is 7. The predicted molar refractivity (Wildman–Crippen MR) is 109 cm³/mol. The zero-order chi connectivity index (χ0) is 19.9. The van der Waals surface area contributed by atoms with Crippen LogP contribution in [0.5, 0.6) is 17.2 Å². The summed E-state index contributed by atoms with van der Waals surface area (Å²) in [6.07, 6.45) is 0. The molecule has 3 aromatic carbocycles. The highest BCUT2D eigenvalue weighted by Crippen LogP contribution is 2.25. The molecule has 144 valence electrons. The number of ether oxygens (including phenoxy) is 3. The standard InChI is InChI=1S/C23H23NO4/c1-16-7-4-5-10-21(16)28-15-18-13-17(11-12-22(18)27-3)23(25)24-19-8-6-9-20(14-19)26-2/h4-14H,15H2,1-3H3,(H,24,25). The quantitative estimate of drug-likeness (QED) is 0.640. The Morgan fingerprint density at radius 1 is 0.893 bits per heavy atom. The van der Waals surface area contributed by atoms with E-state index in [9.17, 15) is 4.79 Å². The Hall–Kier alpha value is -3.47. The number of anilines is 1. The largest absolute Gasteiger partial charge is 0.497 e. The normalized spacial score (nSPS) is 10.2. The van der Waals surface area contributed by atoms with Crippen LogP contribution >= 0.6 is 0 Å². The second-order valence-electron chi connectivity index (χ2n) is 6.27. The Morgan fingerprint density at radius 3 is 2.46 bits per heavy atom. The average Bonchev–Trinajstić information content (AvgIpc) is 2.73. The number of carbonyl (C=O) groups excluding carboxylic acids is 1. The van der Waals surface area contributed by atoms with E-state index in [1.807, 2.05) is 49.4 Å². The number of para-hydroxylation sites is 1. The van der Waals surface area contributed by atoms with Gasteiger partial charge < -0.3 is 19.5 Å². The van der Waals surface area contributed by atoms with Crippen molar-refractivity contribution in [3.8, 4) is 17.2 Å². The molecular weight excluding hydrogens is 354 g/mol. The molecule has 0 unspecified atom stereocenters. The first-order valence-corrected chi connectivity index (χ1v) is 8.91. The average molecular weight is 377 g/mol. The SMILES string of the molecule is COc1cccc(NC(=O)c2ccc(OC)c(COc3ccccc3C)c2)c1. The molecule has 0 aliphatic heterocycles. The van der Waals surface area contributed by atoms with E-state index in [0.717, 1.165) is 16.9 Å². The van der Waals surface area contributed by atoms with E-state index < -0.39 is 0 Å². The lowest BCUT2D eigenvalue weighted by atomic mass is 10.1. The van der Waals surface area contributed by atoms with Gasteiger partial charge in [-0.1, -0.05) is 24.3 Å². The zero-order valence-electron chi connectivity index (χ0n) is 16.2. The maximum atomic E-state index is 12.7. The van der Waals surface area contributed by atoms with E-state index >= 15 is 0 Å². The molecule has 0 heterocycles. The van der Waals surface area contributed by atoms with Crippen LogP contribution in [0.1, 0.15) is 21.5 Å². The van der Waals surface area contributed by atoms with E-state index in [2.05, 4.69) is 5.32 Å². The number of hydrogen-bond acceptors (Lipinski definition) is 4. The molecule has 0 atom stereocenters. The lowest BCUT2D eigenvalue weighted by Crippen LogP contribution is -2.13. The maximum absolute atomic E-state index is 12.7. The van der Waals surface area contributed by atoms with E-state index in [4.69, 9.17) is 14.2 Å². The van der Waals surface area contributed by atoms with E-state index in [0.29, 0.717) is 29.4 Å². The fourth-order valence-electron chi connectivity index (χ4n) is 2.81. The summed E-state index contributed by atoms with van der Waals surface area (Å²) in [5, 5.41) is 2.88. The summed E-state index contributed by atoms with van der Waals surface area (Å²) >= 11 is 0. The number of benzene rings is 3. The van der Waals surface area contributed by atoms with Crippen molar-refractivity contribution >= 4 is 11.6 Å². The van der Waals surface area contributed by atoms with Gasteiger partial charge in [0, 0.05) is 22.9 Å². The lowest BCUT2D eigenvalue weighted by Gasteiger charge is -2.13.